The van der Waals surface area contributed by atoms with E-state index in [2.05, 4.69) is 26.8 Å². The normalized spacial score (nSPS) is 19.9. The van der Waals surface area contributed by atoms with Gasteiger partial charge < -0.3 is 15.1 Å². The Morgan fingerprint density at radius 1 is 1.09 bits per heavy atom. The van der Waals surface area contributed by atoms with Crippen molar-refractivity contribution in [3.63, 3.8) is 0 Å². The van der Waals surface area contributed by atoms with E-state index in [1.54, 1.807) is 29.7 Å². The summed E-state index contributed by atoms with van der Waals surface area (Å²) in [6, 6.07) is 2.36. The van der Waals surface area contributed by atoms with Crippen LogP contribution in [0.15, 0.2) is 59.0 Å². The topological polar surface area (TPSA) is 96.2 Å². The number of carbonyl (C=O) groups is 1. The maximum atomic E-state index is 15.4. The Hall–Kier alpha value is -4.24. The van der Waals surface area contributed by atoms with Crippen LogP contribution in [0.2, 0.25) is 5.02 Å². The Balaban J connectivity index is 1.62. The number of nitrogens with zero attached hydrogens (tertiary/aromatic N) is 6. The first kappa shape index (κ1) is 32.7. The van der Waals surface area contributed by atoms with Crippen molar-refractivity contribution in [3.8, 4) is 11.1 Å². The van der Waals surface area contributed by atoms with E-state index in [0.29, 0.717) is 6.07 Å². The van der Waals surface area contributed by atoms with Gasteiger partial charge in [0.2, 0.25) is 11.9 Å². The lowest BCUT2D eigenvalue weighted by Gasteiger charge is -2.44. The van der Waals surface area contributed by atoms with Gasteiger partial charge in [0.25, 0.3) is 0 Å². The lowest BCUT2D eigenvalue weighted by Crippen LogP contribution is -2.58. The fraction of sp³-hybridized carbons (Fsp3) is 0.323. The molecule has 1 amide bonds. The Bertz CT molecular complexity index is 1950. The average molecular weight is 692 g/mol. The average Bonchev–Trinajstić information content (AvgIpc) is 3.20. The molecule has 0 spiro atoms. The van der Waals surface area contributed by atoms with Crippen molar-refractivity contribution in [3.05, 3.63) is 82.0 Å². The number of nitrogens with one attached hydrogen (secondary N) is 1. The highest BCUT2D eigenvalue weighted by atomic mass is 35.5. The monoisotopic (exact) mass is 691 g/mol. The maximum Gasteiger partial charge on any atom is 0.417 e. The fourth-order valence-electron chi connectivity index (χ4n) is 6.29. The molecule has 1 fully saturated rings. The van der Waals surface area contributed by atoms with Crippen LogP contribution in [0, 0.1) is 11.6 Å². The zero-order valence-corrected chi connectivity index (χ0v) is 26.6. The van der Waals surface area contributed by atoms with E-state index >= 15 is 17.6 Å². The van der Waals surface area contributed by atoms with E-state index in [-0.39, 0.29) is 58.9 Å². The SMILES string of the molecule is C=CC(=O)N1[C@H](C)CN(c2nc(=O)n3c4c(c(-c5cc(Cl)c(F)cc5F)c(C(F)(F)F)cc24)SCC(Nc2ncccn2)C3)C[C@@H]1C. The van der Waals surface area contributed by atoms with Gasteiger partial charge in [-0.2, -0.15) is 18.2 Å². The fourth-order valence-corrected chi connectivity index (χ4v) is 7.73. The smallest absolute Gasteiger partial charge is 0.352 e. The van der Waals surface area contributed by atoms with Crippen molar-refractivity contribution in [2.45, 2.75) is 49.6 Å². The molecule has 1 unspecified atom stereocenters. The third kappa shape index (κ3) is 6.02. The highest BCUT2D eigenvalue weighted by Gasteiger charge is 2.40. The molecule has 47 heavy (non-hydrogen) atoms. The summed E-state index contributed by atoms with van der Waals surface area (Å²) in [5, 5.41) is 2.56. The second-order valence-electron chi connectivity index (χ2n) is 11.4. The van der Waals surface area contributed by atoms with E-state index in [1.807, 2.05) is 0 Å². The molecule has 1 saturated heterocycles. The second-order valence-corrected chi connectivity index (χ2v) is 12.8. The molecule has 246 valence electrons. The van der Waals surface area contributed by atoms with Gasteiger partial charge in [0.15, 0.2) is 0 Å². The minimum absolute atomic E-state index is 0.0000330. The lowest BCUT2D eigenvalue weighted by molar-refractivity contribution is -0.137. The molecule has 16 heteroatoms. The van der Waals surface area contributed by atoms with Gasteiger partial charge in [0, 0.05) is 77.3 Å². The van der Waals surface area contributed by atoms with Crippen molar-refractivity contribution in [2.24, 2.45) is 0 Å². The van der Waals surface area contributed by atoms with Crippen LogP contribution < -0.4 is 15.9 Å². The molecular formula is C31H27ClF5N7O2S. The number of rotatable bonds is 5. The van der Waals surface area contributed by atoms with E-state index < -0.39 is 63.3 Å². The molecule has 0 saturated carbocycles. The quantitative estimate of drug-likeness (QED) is 0.155. The van der Waals surface area contributed by atoms with Gasteiger partial charge in [0.05, 0.1) is 22.1 Å². The molecule has 2 aromatic carbocycles. The Morgan fingerprint density at radius 3 is 2.40 bits per heavy atom. The molecule has 0 radical (unpaired) electrons. The Kier molecular flexibility index (Phi) is 8.63. The summed E-state index contributed by atoms with van der Waals surface area (Å²) in [6.45, 7) is 7.42. The van der Waals surface area contributed by atoms with Gasteiger partial charge in [-0.3, -0.25) is 9.36 Å². The number of thioether (sulfide) groups is 1. The van der Waals surface area contributed by atoms with Crippen molar-refractivity contribution < 1.29 is 26.7 Å². The zero-order chi connectivity index (χ0) is 33.8. The Morgan fingerprint density at radius 2 is 1.77 bits per heavy atom. The minimum Gasteiger partial charge on any atom is -0.352 e. The number of hydrogen-bond acceptors (Lipinski definition) is 8. The maximum absolute atomic E-state index is 15.4. The van der Waals surface area contributed by atoms with E-state index in [1.165, 1.54) is 23.0 Å². The van der Waals surface area contributed by atoms with Gasteiger partial charge in [0.1, 0.15) is 17.5 Å². The summed E-state index contributed by atoms with van der Waals surface area (Å²) in [5.74, 6) is -2.33. The third-order valence-corrected chi connectivity index (χ3v) is 9.71. The predicted octanol–water partition coefficient (Wildman–Crippen LogP) is 6.00. The predicted molar refractivity (Wildman–Crippen MR) is 170 cm³/mol. The van der Waals surface area contributed by atoms with Crippen molar-refractivity contribution >= 4 is 51.9 Å². The molecule has 1 N–H and O–H groups in total. The Labute approximate surface area is 274 Å². The first-order valence-electron chi connectivity index (χ1n) is 14.5. The summed E-state index contributed by atoms with van der Waals surface area (Å²) >= 11 is 6.95. The number of carbonyl (C=O) groups excluding carboxylic acids is 1. The van der Waals surface area contributed by atoms with Crippen molar-refractivity contribution in [2.75, 3.05) is 29.1 Å². The van der Waals surface area contributed by atoms with Gasteiger partial charge in [-0.25, -0.2) is 23.5 Å². The molecule has 0 bridgehead atoms. The number of halogens is 6. The standard InChI is InChI=1S/C31H27ClF5N7O2S/c1-4-24(45)44-15(2)11-42(12-16(44)3)28-19-8-20(31(35,36)37)25(18-9-21(32)23(34)10-22(18)33)27-26(19)43(30(46)41-28)13-17(14-47-27)40-29-38-6-5-7-39-29/h4-10,15-17H,1,11-14H2,2-3H3,(H,38,39,40)/t15-,16+,17?. The highest BCUT2D eigenvalue weighted by Crippen LogP contribution is 2.49. The second kappa shape index (κ2) is 12.4. The van der Waals surface area contributed by atoms with Crippen molar-refractivity contribution in [1.82, 2.24) is 24.4 Å². The number of anilines is 2. The van der Waals surface area contributed by atoms with Gasteiger partial charge in [-0.1, -0.05) is 18.2 Å². The minimum atomic E-state index is -5.01. The molecule has 6 rings (SSSR count). The molecule has 4 aromatic rings. The van der Waals surface area contributed by atoms with Crippen LogP contribution in [-0.2, 0) is 17.5 Å². The number of aromatic nitrogens is 4. The van der Waals surface area contributed by atoms with Gasteiger partial charge in [-0.05, 0) is 38.1 Å². The van der Waals surface area contributed by atoms with Gasteiger partial charge in [-0.15, -0.1) is 11.8 Å². The molecular weight excluding hydrogens is 665 g/mol. The zero-order valence-electron chi connectivity index (χ0n) is 25.0. The van der Waals surface area contributed by atoms with Crippen molar-refractivity contribution in [1.29, 1.82) is 0 Å². The van der Waals surface area contributed by atoms with Crippen LogP contribution in [0.3, 0.4) is 0 Å². The van der Waals surface area contributed by atoms with E-state index in [0.717, 1.165) is 23.9 Å². The summed E-state index contributed by atoms with van der Waals surface area (Å²) in [5.41, 5.74) is -2.98. The molecule has 2 aromatic heterocycles. The van der Waals surface area contributed by atoms with Crippen LogP contribution in [0.25, 0.3) is 22.0 Å². The van der Waals surface area contributed by atoms with E-state index in [4.69, 9.17) is 11.6 Å². The summed E-state index contributed by atoms with van der Waals surface area (Å²) in [4.78, 5) is 42.3. The van der Waals surface area contributed by atoms with E-state index in [9.17, 15) is 14.0 Å². The number of piperazine rings is 1. The molecule has 0 aliphatic carbocycles. The van der Waals surface area contributed by atoms with Crippen LogP contribution in [0.4, 0.5) is 33.7 Å². The number of benzene rings is 2. The number of hydrogen-bond donors (Lipinski definition) is 1. The molecule has 9 nitrogen and oxygen atoms in total. The third-order valence-electron chi connectivity index (χ3n) is 8.16. The first-order valence-corrected chi connectivity index (χ1v) is 15.8. The molecule has 2 aliphatic rings. The van der Waals surface area contributed by atoms with Crippen LogP contribution in [0.1, 0.15) is 19.4 Å². The largest absolute Gasteiger partial charge is 0.417 e. The number of alkyl halides is 3. The summed E-state index contributed by atoms with van der Waals surface area (Å²) < 4.78 is 75.9. The highest BCUT2D eigenvalue weighted by molar-refractivity contribution is 7.99. The summed E-state index contributed by atoms with van der Waals surface area (Å²) in [7, 11) is 0. The van der Waals surface area contributed by atoms with Crippen LogP contribution >= 0.6 is 23.4 Å². The van der Waals surface area contributed by atoms with Crippen LogP contribution in [0.5, 0.6) is 0 Å². The number of amides is 1. The first-order chi connectivity index (χ1) is 22.3. The molecule has 2 aliphatic heterocycles. The molecule has 4 heterocycles. The summed E-state index contributed by atoms with van der Waals surface area (Å²) in [6.07, 6.45) is -0.801. The van der Waals surface area contributed by atoms with Gasteiger partial charge >= 0.3 is 11.9 Å². The lowest BCUT2D eigenvalue weighted by atomic mass is 9.95. The van der Waals surface area contributed by atoms with Crippen LogP contribution in [-0.4, -0.2) is 67.3 Å². The molecule has 3 atom stereocenters.